The molecule has 0 amide bonds. The Labute approximate surface area is 199 Å². The Morgan fingerprint density at radius 2 is 1.66 bits per heavy atom. The quantitative estimate of drug-likeness (QED) is 0.242. The molecule has 2 unspecified atom stereocenters. The lowest BCUT2D eigenvalue weighted by Crippen LogP contribution is -2.32. The first-order chi connectivity index (χ1) is 15.4. The third kappa shape index (κ3) is 6.02. The lowest BCUT2D eigenvalue weighted by atomic mass is 9.80. The Bertz CT molecular complexity index is 1080. The van der Waals surface area contributed by atoms with Gasteiger partial charge in [-0.1, -0.05) is 86.4 Å². The molecular formula is C26H27Cl2NO3. The highest BCUT2D eigenvalue weighted by Crippen LogP contribution is 2.36. The summed E-state index contributed by atoms with van der Waals surface area (Å²) in [7, 11) is 0. The van der Waals surface area contributed by atoms with Crippen molar-refractivity contribution in [3.8, 4) is 5.75 Å². The molecule has 0 aliphatic rings. The predicted molar refractivity (Wildman–Crippen MR) is 129 cm³/mol. The summed E-state index contributed by atoms with van der Waals surface area (Å²) >= 11 is 12.4. The van der Waals surface area contributed by atoms with E-state index in [1.807, 2.05) is 87.5 Å². The molecule has 32 heavy (non-hydrogen) atoms. The van der Waals surface area contributed by atoms with Gasteiger partial charge in [0.1, 0.15) is 22.6 Å². The van der Waals surface area contributed by atoms with Crippen molar-refractivity contribution in [1.29, 1.82) is 0 Å². The van der Waals surface area contributed by atoms with Crippen LogP contribution >= 0.6 is 23.2 Å². The number of nitrogens with zero attached hydrogens (tertiary/aromatic N) is 1. The predicted octanol–water partition coefficient (Wildman–Crippen LogP) is 7.30. The summed E-state index contributed by atoms with van der Waals surface area (Å²) in [5, 5.41) is 1.04. The van der Waals surface area contributed by atoms with Crippen LogP contribution in [0.1, 0.15) is 32.9 Å². The largest absolute Gasteiger partial charge is 0.459 e. The minimum Gasteiger partial charge on any atom is -0.459 e. The third-order valence-electron chi connectivity index (χ3n) is 5.38. The number of rotatable bonds is 9. The van der Waals surface area contributed by atoms with Gasteiger partial charge in [0, 0.05) is 11.3 Å². The maximum Gasteiger partial charge on any atom is 0.310 e. The highest BCUT2D eigenvalue weighted by atomic mass is 35.5. The molecule has 4 nitrogen and oxygen atoms in total. The van der Waals surface area contributed by atoms with Gasteiger partial charge in [0.25, 0.3) is 0 Å². The Morgan fingerprint density at radius 1 is 0.969 bits per heavy atom. The second kappa shape index (κ2) is 11.3. The fourth-order valence-corrected chi connectivity index (χ4v) is 4.16. The van der Waals surface area contributed by atoms with E-state index < -0.39 is 5.92 Å². The van der Waals surface area contributed by atoms with Gasteiger partial charge in [-0.25, -0.2) is 4.98 Å². The number of hydrogen-bond donors (Lipinski definition) is 0. The number of carbonyl (C=O) groups is 1. The molecular weight excluding hydrogens is 445 g/mol. The molecule has 1 aromatic heterocycles. The van der Waals surface area contributed by atoms with Crippen molar-refractivity contribution in [3.63, 3.8) is 0 Å². The number of hydrogen-bond acceptors (Lipinski definition) is 4. The molecule has 3 rings (SSSR count). The molecule has 1 heterocycles. The van der Waals surface area contributed by atoms with Gasteiger partial charge in [-0.05, 0) is 36.6 Å². The number of para-hydroxylation sites is 2. The molecule has 0 N–H and O–H groups in total. The zero-order valence-corrected chi connectivity index (χ0v) is 19.9. The van der Waals surface area contributed by atoms with E-state index >= 15 is 0 Å². The van der Waals surface area contributed by atoms with Gasteiger partial charge < -0.3 is 9.47 Å². The first-order valence-corrected chi connectivity index (χ1v) is 11.5. The highest BCUT2D eigenvalue weighted by Gasteiger charge is 2.36. The molecule has 0 aliphatic heterocycles. The van der Waals surface area contributed by atoms with Gasteiger partial charge >= 0.3 is 5.97 Å². The maximum atomic E-state index is 13.2. The van der Waals surface area contributed by atoms with Gasteiger partial charge in [-0.2, -0.15) is 0 Å². The van der Waals surface area contributed by atoms with E-state index in [1.54, 1.807) is 0 Å². The van der Waals surface area contributed by atoms with Crippen LogP contribution in [0.15, 0.2) is 77.0 Å². The molecule has 0 spiro atoms. The molecule has 168 valence electrons. The number of halogens is 2. The molecule has 0 radical (unpaired) electrons. The summed E-state index contributed by atoms with van der Waals surface area (Å²) in [6, 6.07) is 20.9. The zero-order valence-electron chi connectivity index (χ0n) is 18.4. The SMILES string of the molecule is CCC(C(Oc1ccccc1)=C(Cl)Cl)C(C(=O)OCc1ccc2ccccc2n1)C(C)C. The van der Waals surface area contributed by atoms with Crippen LogP contribution in [0.5, 0.6) is 5.75 Å². The fraction of sp³-hybridized carbons (Fsp3) is 0.308. The summed E-state index contributed by atoms with van der Waals surface area (Å²) in [6.07, 6.45) is 0.608. The molecule has 2 aromatic carbocycles. The van der Waals surface area contributed by atoms with Crippen LogP contribution in [-0.2, 0) is 16.1 Å². The van der Waals surface area contributed by atoms with Crippen LogP contribution in [0, 0.1) is 17.8 Å². The van der Waals surface area contributed by atoms with E-state index in [2.05, 4.69) is 4.98 Å². The Hall–Kier alpha value is -2.56. The van der Waals surface area contributed by atoms with Crippen LogP contribution in [0.25, 0.3) is 10.9 Å². The van der Waals surface area contributed by atoms with Crippen molar-refractivity contribution in [1.82, 2.24) is 4.98 Å². The number of fused-ring (bicyclic) bond motifs is 1. The van der Waals surface area contributed by atoms with Gasteiger partial charge in [-0.3, -0.25) is 4.79 Å². The van der Waals surface area contributed by atoms with Gasteiger partial charge in [0.15, 0.2) is 0 Å². The first kappa shape index (κ1) is 24.1. The van der Waals surface area contributed by atoms with Gasteiger partial charge in [0.2, 0.25) is 0 Å². The van der Waals surface area contributed by atoms with Gasteiger partial charge in [0.05, 0.1) is 17.1 Å². The summed E-state index contributed by atoms with van der Waals surface area (Å²) in [5.74, 6) is -0.175. The van der Waals surface area contributed by atoms with Gasteiger partial charge in [-0.15, -0.1) is 0 Å². The smallest absolute Gasteiger partial charge is 0.310 e. The number of carbonyl (C=O) groups excluding carboxylic acids is 1. The minimum atomic E-state index is -0.480. The average Bonchev–Trinajstić information content (AvgIpc) is 2.79. The highest BCUT2D eigenvalue weighted by molar-refractivity contribution is 6.56. The third-order valence-corrected chi connectivity index (χ3v) is 5.75. The van der Waals surface area contributed by atoms with Crippen LogP contribution in [0.4, 0.5) is 0 Å². The second-order valence-corrected chi connectivity index (χ2v) is 8.88. The number of ether oxygens (including phenoxy) is 2. The zero-order chi connectivity index (χ0) is 23.1. The van der Waals surface area contributed by atoms with E-state index in [9.17, 15) is 4.79 Å². The lowest BCUT2D eigenvalue weighted by molar-refractivity contribution is -0.153. The van der Waals surface area contributed by atoms with Crippen molar-refractivity contribution in [2.24, 2.45) is 17.8 Å². The normalized spacial score (nSPS) is 12.9. The molecule has 2 atom stereocenters. The fourth-order valence-electron chi connectivity index (χ4n) is 3.80. The summed E-state index contributed by atoms with van der Waals surface area (Å²) < 4.78 is 11.7. The Balaban J connectivity index is 1.78. The van der Waals surface area contributed by atoms with E-state index in [0.717, 1.165) is 10.9 Å². The molecule has 0 bridgehead atoms. The maximum absolute atomic E-state index is 13.2. The Kier molecular flexibility index (Phi) is 8.54. The Morgan fingerprint density at radius 3 is 2.31 bits per heavy atom. The summed E-state index contributed by atoms with van der Waals surface area (Å²) in [4.78, 5) is 17.8. The first-order valence-electron chi connectivity index (χ1n) is 10.7. The molecule has 0 fully saturated rings. The van der Waals surface area contributed by atoms with Crippen molar-refractivity contribution in [2.45, 2.75) is 33.8 Å². The van der Waals surface area contributed by atoms with Crippen molar-refractivity contribution < 1.29 is 14.3 Å². The molecule has 0 saturated heterocycles. The van der Waals surface area contributed by atoms with Crippen molar-refractivity contribution in [3.05, 3.63) is 82.7 Å². The molecule has 6 heteroatoms. The average molecular weight is 472 g/mol. The van der Waals surface area contributed by atoms with Crippen LogP contribution < -0.4 is 4.74 Å². The van der Waals surface area contributed by atoms with Crippen LogP contribution in [0.2, 0.25) is 0 Å². The lowest BCUT2D eigenvalue weighted by Gasteiger charge is -2.29. The molecule has 3 aromatic rings. The standard InChI is InChI=1S/C26H27Cl2NO3/c1-4-21(24(25(27)28)32-20-11-6-5-7-12-20)23(17(2)3)26(30)31-16-19-15-14-18-10-8-9-13-22(18)29-19/h5-15,17,21,23H,4,16H2,1-3H3. The number of benzene rings is 2. The summed E-state index contributed by atoms with van der Waals surface area (Å²) in [6.45, 7) is 6.02. The summed E-state index contributed by atoms with van der Waals surface area (Å²) in [5.41, 5.74) is 1.56. The monoisotopic (exact) mass is 471 g/mol. The van der Waals surface area contributed by atoms with E-state index in [0.29, 0.717) is 23.6 Å². The van der Waals surface area contributed by atoms with E-state index in [1.165, 1.54) is 0 Å². The van der Waals surface area contributed by atoms with Crippen LogP contribution in [-0.4, -0.2) is 11.0 Å². The second-order valence-electron chi connectivity index (χ2n) is 7.93. The minimum absolute atomic E-state index is 0.00958. The number of esters is 1. The van der Waals surface area contributed by atoms with Crippen LogP contribution in [0.3, 0.4) is 0 Å². The van der Waals surface area contributed by atoms with E-state index in [-0.39, 0.29) is 28.9 Å². The number of pyridine rings is 1. The number of aromatic nitrogens is 1. The topological polar surface area (TPSA) is 48.4 Å². The van der Waals surface area contributed by atoms with Crippen molar-refractivity contribution in [2.75, 3.05) is 0 Å². The molecule has 0 aliphatic carbocycles. The van der Waals surface area contributed by atoms with Crippen molar-refractivity contribution >= 4 is 40.1 Å². The molecule has 0 saturated carbocycles. The van der Waals surface area contributed by atoms with E-state index in [4.69, 9.17) is 32.7 Å². The number of allylic oxidation sites excluding steroid dienone is 1.